The van der Waals surface area contributed by atoms with Crippen LogP contribution in [0.4, 0.5) is 0 Å². The molecule has 1 aromatic rings. The van der Waals surface area contributed by atoms with E-state index in [9.17, 15) is 0 Å². The minimum absolute atomic E-state index is 0.129. The summed E-state index contributed by atoms with van der Waals surface area (Å²) in [6.45, 7) is 1.42. The highest BCUT2D eigenvalue weighted by Gasteiger charge is 2.25. The van der Waals surface area contributed by atoms with E-state index in [1.807, 2.05) is 30.3 Å². The van der Waals surface area contributed by atoms with Crippen molar-refractivity contribution in [1.82, 2.24) is 0 Å². The Balaban J connectivity index is 2.16. The van der Waals surface area contributed by atoms with E-state index in [0.29, 0.717) is 13.2 Å². The Morgan fingerprint density at radius 2 is 1.64 bits per heavy atom. The number of hydrogen-bond donors (Lipinski definition) is 0. The summed E-state index contributed by atoms with van der Waals surface area (Å²) in [5, 5.41) is 0. The lowest BCUT2D eigenvalue weighted by atomic mass is 9.80. The summed E-state index contributed by atoms with van der Waals surface area (Å²) in [5.41, 5.74) is 1.10. The van der Waals surface area contributed by atoms with Crippen molar-refractivity contribution in [3.8, 4) is 0 Å². The van der Waals surface area contributed by atoms with E-state index in [4.69, 9.17) is 9.31 Å². The van der Waals surface area contributed by atoms with E-state index < -0.39 is 0 Å². The zero-order valence-corrected chi connectivity index (χ0v) is 6.19. The SMILES string of the molecule is c1ccc(B2OCCO2)cc1. The van der Waals surface area contributed by atoms with Crippen molar-refractivity contribution >= 4 is 12.6 Å². The zero-order chi connectivity index (χ0) is 7.52. The highest BCUT2D eigenvalue weighted by atomic mass is 16.6. The summed E-state index contributed by atoms with van der Waals surface area (Å²) in [4.78, 5) is 0. The van der Waals surface area contributed by atoms with Crippen molar-refractivity contribution in [2.24, 2.45) is 0 Å². The van der Waals surface area contributed by atoms with Gasteiger partial charge in [-0.25, -0.2) is 0 Å². The quantitative estimate of drug-likeness (QED) is 0.537. The topological polar surface area (TPSA) is 18.5 Å². The van der Waals surface area contributed by atoms with Crippen LogP contribution < -0.4 is 5.46 Å². The minimum atomic E-state index is -0.129. The minimum Gasteiger partial charge on any atom is -0.405 e. The van der Waals surface area contributed by atoms with Crippen LogP contribution in [-0.4, -0.2) is 20.3 Å². The van der Waals surface area contributed by atoms with Crippen LogP contribution in [-0.2, 0) is 9.31 Å². The molecule has 0 radical (unpaired) electrons. The molecular weight excluding hydrogens is 139 g/mol. The monoisotopic (exact) mass is 148 g/mol. The van der Waals surface area contributed by atoms with Crippen LogP contribution in [0.2, 0.25) is 0 Å². The Morgan fingerprint density at radius 3 is 2.27 bits per heavy atom. The molecular formula is C8H9BO2. The second-order valence-electron chi connectivity index (χ2n) is 2.48. The maximum absolute atomic E-state index is 5.32. The lowest BCUT2D eigenvalue weighted by Crippen LogP contribution is -2.31. The van der Waals surface area contributed by atoms with Crippen molar-refractivity contribution in [2.75, 3.05) is 13.2 Å². The van der Waals surface area contributed by atoms with Crippen LogP contribution in [0, 0.1) is 0 Å². The zero-order valence-electron chi connectivity index (χ0n) is 6.19. The van der Waals surface area contributed by atoms with Crippen molar-refractivity contribution in [3.63, 3.8) is 0 Å². The summed E-state index contributed by atoms with van der Waals surface area (Å²) in [5.74, 6) is 0. The van der Waals surface area contributed by atoms with Gasteiger partial charge in [0.05, 0.1) is 13.2 Å². The fraction of sp³-hybridized carbons (Fsp3) is 0.250. The van der Waals surface area contributed by atoms with Crippen molar-refractivity contribution in [3.05, 3.63) is 30.3 Å². The van der Waals surface area contributed by atoms with E-state index in [1.54, 1.807) is 0 Å². The van der Waals surface area contributed by atoms with Crippen molar-refractivity contribution < 1.29 is 9.31 Å². The first-order chi connectivity index (χ1) is 5.47. The van der Waals surface area contributed by atoms with Crippen molar-refractivity contribution in [1.29, 1.82) is 0 Å². The first-order valence-electron chi connectivity index (χ1n) is 3.75. The van der Waals surface area contributed by atoms with Crippen LogP contribution >= 0.6 is 0 Å². The highest BCUT2D eigenvalue weighted by Crippen LogP contribution is 1.99. The Morgan fingerprint density at radius 1 is 1.00 bits per heavy atom. The normalized spacial score (nSPS) is 17.3. The molecule has 0 unspecified atom stereocenters. The lowest BCUT2D eigenvalue weighted by molar-refractivity contribution is 0.365. The summed E-state index contributed by atoms with van der Waals surface area (Å²) < 4.78 is 10.6. The van der Waals surface area contributed by atoms with Crippen LogP contribution in [0.15, 0.2) is 30.3 Å². The number of benzene rings is 1. The van der Waals surface area contributed by atoms with Gasteiger partial charge in [0, 0.05) is 0 Å². The second kappa shape index (κ2) is 3.07. The van der Waals surface area contributed by atoms with Gasteiger partial charge in [0.2, 0.25) is 0 Å². The molecule has 1 aromatic carbocycles. The van der Waals surface area contributed by atoms with Gasteiger partial charge >= 0.3 is 7.12 Å². The van der Waals surface area contributed by atoms with E-state index in [-0.39, 0.29) is 7.12 Å². The summed E-state index contributed by atoms with van der Waals surface area (Å²) >= 11 is 0. The molecule has 0 N–H and O–H groups in total. The van der Waals surface area contributed by atoms with E-state index >= 15 is 0 Å². The third kappa shape index (κ3) is 1.44. The first kappa shape index (κ1) is 6.89. The summed E-state index contributed by atoms with van der Waals surface area (Å²) in [7, 11) is -0.129. The van der Waals surface area contributed by atoms with Gasteiger partial charge in [-0.2, -0.15) is 0 Å². The first-order valence-corrected chi connectivity index (χ1v) is 3.75. The van der Waals surface area contributed by atoms with E-state index in [1.165, 1.54) is 0 Å². The van der Waals surface area contributed by atoms with Gasteiger partial charge in [-0.1, -0.05) is 30.3 Å². The molecule has 0 saturated carbocycles. The van der Waals surface area contributed by atoms with Gasteiger partial charge in [-0.05, 0) is 5.46 Å². The summed E-state index contributed by atoms with van der Waals surface area (Å²) in [6.07, 6.45) is 0. The number of hydrogen-bond acceptors (Lipinski definition) is 2. The Labute approximate surface area is 66.3 Å². The molecule has 0 bridgehead atoms. The Hall–Kier alpha value is -0.795. The smallest absolute Gasteiger partial charge is 0.405 e. The van der Waals surface area contributed by atoms with Crippen LogP contribution in [0.5, 0.6) is 0 Å². The predicted molar refractivity (Wildman–Crippen MR) is 43.7 cm³/mol. The second-order valence-corrected chi connectivity index (χ2v) is 2.48. The molecule has 0 amide bonds. The molecule has 0 atom stereocenters. The third-order valence-electron chi connectivity index (χ3n) is 1.69. The number of rotatable bonds is 1. The van der Waals surface area contributed by atoms with Gasteiger partial charge in [-0.3, -0.25) is 0 Å². The van der Waals surface area contributed by atoms with Gasteiger partial charge in [0.15, 0.2) is 0 Å². The fourth-order valence-electron chi connectivity index (χ4n) is 1.16. The molecule has 0 aliphatic carbocycles. The van der Waals surface area contributed by atoms with E-state index in [0.717, 1.165) is 5.46 Å². The molecule has 3 heteroatoms. The molecule has 1 saturated heterocycles. The maximum Gasteiger partial charge on any atom is 0.494 e. The molecule has 2 nitrogen and oxygen atoms in total. The Kier molecular flexibility index (Phi) is 1.92. The van der Waals surface area contributed by atoms with Crippen LogP contribution in [0.1, 0.15) is 0 Å². The average molecular weight is 148 g/mol. The van der Waals surface area contributed by atoms with Crippen LogP contribution in [0.25, 0.3) is 0 Å². The molecule has 1 fully saturated rings. The predicted octanol–water partition coefficient (Wildman–Crippen LogP) is 0.429. The van der Waals surface area contributed by atoms with Gasteiger partial charge in [0.25, 0.3) is 0 Å². The molecule has 56 valence electrons. The van der Waals surface area contributed by atoms with Gasteiger partial charge in [-0.15, -0.1) is 0 Å². The largest absolute Gasteiger partial charge is 0.494 e. The van der Waals surface area contributed by atoms with Gasteiger partial charge in [0.1, 0.15) is 0 Å². The average Bonchev–Trinajstić information content (AvgIpc) is 2.58. The molecule has 2 rings (SSSR count). The molecule has 1 heterocycles. The molecule has 0 aromatic heterocycles. The molecule has 11 heavy (non-hydrogen) atoms. The third-order valence-corrected chi connectivity index (χ3v) is 1.69. The van der Waals surface area contributed by atoms with Gasteiger partial charge < -0.3 is 9.31 Å². The molecule has 1 aliphatic rings. The van der Waals surface area contributed by atoms with Crippen molar-refractivity contribution in [2.45, 2.75) is 0 Å². The van der Waals surface area contributed by atoms with E-state index in [2.05, 4.69) is 0 Å². The molecule has 1 aliphatic heterocycles. The standard InChI is InChI=1S/C8H9BO2/c1-2-4-8(5-3-1)9-10-6-7-11-9/h1-5H,6-7H2. The highest BCUT2D eigenvalue weighted by molar-refractivity contribution is 6.61. The fourth-order valence-corrected chi connectivity index (χ4v) is 1.16. The summed E-state index contributed by atoms with van der Waals surface area (Å²) in [6, 6.07) is 9.98. The molecule has 0 spiro atoms. The van der Waals surface area contributed by atoms with Crippen LogP contribution in [0.3, 0.4) is 0 Å². The Bertz CT molecular complexity index is 219. The lowest BCUT2D eigenvalue weighted by Gasteiger charge is -2.01. The maximum atomic E-state index is 5.32.